The van der Waals surface area contributed by atoms with E-state index in [-0.39, 0.29) is 22.9 Å². The molecule has 0 spiro atoms. The lowest BCUT2D eigenvalue weighted by Crippen LogP contribution is -2.17. The molecule has 144 valence electrons. The summed E-state index contributed by atoms with van der Waals surface area (Å²) in [5.74, 6) is -0.932. The molecule has 0 atom stereocenters. The number of aryl methyl sites for hydroxylation is 1. The van der Waals surface area contributed by atoms with Crippen molar-refractivity contribution in [2.45, 2.75) is 26.7 Å². The van der Waals surface area contributed by atoms with Crippen LogP contribution in [0, 0.1) is 12.7 Å². The molecule has 4 N–H and O–H groups in total. The van der Waals surface area contributed by atoms with Crippen LogP contribution < -0.4 is 16.6 Å². The van der Waals surface area contributed by atoms with Crippen LogP contribution in [0.5, 0.6) is 0 Å². The van der Waals surface area contributed by atoms with Gasteiger partial charge in [-0.1, -0.05) is 19.9 Å². The van der Waals surface area contributed by atoms with E-state index in [0.717, 1.165) is 0 Å². The van der Waals surface area contributed by atoms with Gasteiger partial charge in [-0.3, -0.25) is 14.6 Å². The van der Waals surface area contributed by atoms with E-state index in [0.29, 0.717) is 33.8 Å². The van der Waals surface area contributed by atoms with Gasteiger partial charge in [0, 0.05) is 23.7 Å². The Labute approximate surface area is 161 Å². The van der Waals surface area contributed by atoms with E-state index in [9.17, 15) is 14.0 Å². The van der Waals surface area contributed by atoms with Gasteiger partial charge in [-0.15, -0.1) is 0 Å². The fourth-order valence-corrected chi connectivity index (χ4v) is 2.97. The zero-order valence-electron chi connectivity index (χ0n) is 15.8. The molecule has 0 bridgehead atoms. The minimum Gasteiger partial charge on any atom is -0.365 e. The number of hydrogen-bond donors (Lipinski definition) is 3. The molecule has 0 aliphatic rings. The second-order valence-corrected chi connectivity index (χ2v) is 6.87. The summed E-state index contributed by atoms with van der Waals surface area (Å²) in [6.07, 6.45) is 2.93. The van der Waals surface area contributed by atoms with Gasteiger partial charge >= 0.3 is 0 Å². The monoisotopic (exact) mass is 380 g/mol. The number of aromatic nitrogens is 2. The van der Waals surface area contributed by atoms with Crippen LogP contribution in [0.15, 0.2) is 47.5 Å². The highest BCUT2D eigenvalue weighted by Gasteiger charge is 2.16. The SMILES string of the molecule is Cc1cc(-c2cc(Nc3ccncc3C(N)=O)c(C(C)C)[nH]c2=O)ccc1F. The largest absolute Gasteiger partial charge is 0.365 e. The number of halogens is 1. The van der Waals surface area contributed by atoms with Gasteiger partial charge < -0.3 is 16.0 Å². The summed E-state index contributed by atoms with van der Waals surface area (Å²) in [4.78, 5) is 31.2. The standard InChI is InChI=1S/C21H21FN4O2/c1-11(2)19-18(25-17-6-7-24-10-15(17)20(23)27)9-14(21(28)26-19)13-4-5-16(22)12(3)8-13/h4-11H,1-3H3,(H2,23,27)(H,24,25)(H,26,28). The number of amides is 1. The first kappa shape index (κ1) is 19.3. The first-order valence-electron chi connectivity index (χ1n) is 8.82. The molecule has 0 fully saturated rings. The molecule has 0 unspecified atom stereocenters. The smallest absolute Gasteiger partial charge is 0.256 e. The second kappa shape index (κ2) is 7.64. The van der Waals surface area contributed by atoms with E-state index in [1.165, 1.54) is 12.3 Å². The van der Waals surface area contributed by atoms with Crippen LogP contribution in [-0.4, -0.2) is 15.9 Å². The Balaban J connectivity index is 2.16. The molecule has 0 radical (unpaired) electrons. The number of H-pyrrole nitrogens is 1. The zero-order chi connectivity index (χ0) is 20.4. The molecule has 0 saturated heterocycles. The van der Waals surface area contributed by atoms with Crippen molar-refractivity contribution in [3.05, 3.63) is 75.7 Å². The number of benzene rings is 1. The van der Waals surface area contributed by atoms with Crippen molar-refractivity contribution in [2.75, 3.05) is 5.32 Å². The van der Waals surface area contributed by atoms with E-state index in [4.69, 9.17) is 5.73 Å². The van der Waals surface area contributed by atoms with Gasteiger partial charge in [-0.05, 0) is 48.2 Å². The molecule has 6 nitrogen and oxygen atoms in total. The summed E-state index contributed by atoms with van der Waals surface area (Å²) in [6.45, 7) is 5.53. The average Bonchev–Trinajstić information content (AvgIpc) is 2.65. The third-order valence-electron chi connectivity index (χ3n) is 4.47. The number of carbonyl (C=O) groups is 1. The van der Waals surface area contributed by atoms with Crippen LogP contribution in [0.1, 0.15) is 41.4 Å². The summed E-state index contributed by atoms with van der Waals surface area (Å²) >= 11 is 0. The number of nitrogens with zero attached hydrogens (tertiary/aromatic N) is 1. The summed E-state index contributed by atoms with van der Waals surface area (Å²) in [6, 6.07) is 7.86. The van der Waals surface area contributed by atoms with Crippen LogP contribution in [-0.2, 0) is 0 Å². The maximum Gasteiger partial charge on any atom is 0.256 e. The van der Waals surface area contributed by atoms with Crippen molar-refractivity contribution in [1.82, 2.24) is 9.97 Å². The quantitative estimate of drug-likeness (QED) is 0.626. The zero-order valence-corrected chi connectivity index (χ0v) is 15.8. The van der Waals surface area contributed by atoms with Crippen LogP contribution in [0.2, 0.25) is 0 Å². The summed E-state index contributed by atoms with van der Waals surface area (Å²) in [5, 5.41) is 3.18. The maximum absolute atomic E-state index is 13.6. The fourth-order valence-electron chi connectivity index (χ4n) is 2.97. The molecule has 3 rings (SSSR count). The van der Waals surface area contributed by atoms with Crippen LogP contribution >= 0.6 is 0 Å². The average molecular weight is 380 g/mol. The topological polar surface area (TPSA) is 101 Å². The Kier molecular flexibility index (Phi) is 5.26. The van der Waals surface area contributed by atoms with E-state index in [1.54, 1.807) is 37.4 Å². The highest BCUT2D eigenvalue weighted by molar-refractivity contribution is 5.99. The lowest BCUT2D eigenvalue weighted by molar-refractivity contribution is 0.100. The van der Waals surface area contributed by atoms with E-state index >= 15 is 0 Å². The van der Waals surface area contributed by atoms with Gasteiger partial charge in [-0.2, -0.15) is 0 Å². The molecule has 2 aromatic heterocycles. The van der Waals surface area contributed by atoms with Gasteiger partial charge in [0.15, 0.2) is 0 Å². The van der Waals surface area contributed by atoms with Crippen LogP contribution in [0.3, 0.4) is 0 Å². The van der Waals surface area contributed by atoms with Gasteiger partial charge in [0.05, 0.1) is 16.9 Å². The molecule has 3 aromatic rings. The van der Waals surface area contributed by atoms with Crippen molar-refractivity contribution < 1.29 is 9.18 Å². The van der Waals surface area contributed by atoms with E-state index < -0.39 is 5.91 Å². The second-order valence-electron chi connectivity index (χ2n) is 6.87. The number of pyridine rings is 2. The van der Waals surface area contributed by atoms with Crippen molar-refractivity contribution >= 4 is 17.3 Å². The third kappa shape index (κ3) is 3.78. The summed E-state index contributed by atoms with van der Waals surface area (Å²) in [5.41, 5.74) is 8.63. The molecule has 0 aliphatic heterocycles. The number of carbonyl (C=O) groups excluding carboxylic acids is 1. The van der Waals surface area contributed by atoms with Gasteiger partial charge in [0.2, 0.25) is 0 Å². The Hall–Kier alpha value is -3.48. The Bertz CT molecular complexity index is 1110. The highest BCUT2D eigenvalue weighted by Crippen LogP contribution is 2.29. The molecule has 7 heteroatoms. The van der Waals surface area contributed by atoms with Crippen molar-refractivity contribution in [1.29, 1.82) is 0 Å². The third-order valence-corrected chi connectivity index (χ3v) is 4.47. The number of nitrogens with one attached hydrogen (secondary N) is 2. The highest BCUT2D eigenvalue weighted by atomic mass is 19.1. The minimum absolute atomic E-state index is 0.0121. The molecule has 0 aliphatic carbocycles. The number of rotatable bonds is 5. The Morgan fingerprint density at radius 2 is 1.96 bits per heavy atom. The molecule has 28 heavy (non-hydrogen) atoms. The van der Waals surface area contributed by atoms with Crippen LogP contribution in [0.4, 0.5) is 15.8 Å². The summed E-state index contributed by atoms with van der Waals surface area (Å²) in [7, 11) is 0. The van der Waals surface area contributed by atoms with Crippen molar-refractivity contribution in [3.8, 4) is 11.1 Å². The number of anilines is 2. The van der Waals surface area contributed by atoms with Crippen LogP contribution in [0.25, 0.3) is 11.1 Å². The first-order valence-corrected chi connectivity index (χ1v) is 8.82. The number of nitrogens with two attached hydrogens (primary N) is 1. The number of hydrogen-bond acceptors (Lipinski definition) is 4. The lowest BCUT2D eigenvalue weighted by Gasteiger charge is -2.17. The Morgan fingerprint density at radius 1 is 1.21 bits per heavy atom. The normalized spacial score (nSPS) is 10.9. The fraction of sp³-hybridized carbons (Fsp3) is 0.190. The van der Waals surface area contributed by atoms with Crippen molar-refractivity contribution in [3.63, 3.8) is 0 Å². The molecule has 0 saturated carbocycles. The number of aromatic amines is 1. The van der Waals surface area contributed by atoms with Crippen molar-refractivity contribution in [2.24, 2.45) is 5.73 Å². The molecule has 2 heterocycles. The minimum atomic E-state index is -0.611. The van der Waals surface area contributed by atoms with Gasteiger partial charge in [0.1, 0.15) is 5.82 Å². The Morgan fingerprint density at radius 3 is 2.61 bits per heavy atom. The summed E-state index contributed by atoms with van der Waals surface area (Å²) < 4.78 is 13.6. The molecule has 1 aromatic carbocycles. The predicted molar refractivity (Wildman–Crippen MR) is 107 cm³/mol. The molecular weight excluding hydrogens is 359 g/mol. The van der Waals surface area contributed by atoms with Gasteiger partial charge in [0.25, 0.3) is 11.5 Å². The number of primary amides is 1. The molecular formula is C21H21FN4O2. The first-order chi connectivity index (χ1) is 13.3. The maximum atomic E-state index is 13.6. The lowest BCUT2D eigenvalue weighted by atomic mass is 10.0. The molecule has 1 amide bonds. The van der Waals surface area contributed by atoms with E-state index in [1.807, 2.05) is 13.8 Å². The van der Waals surface area contributed by atoms with E-state index in [2.05, 4.69) is 15.3 Å². The predicted octanol–water partition coefficient (Wildman–Crippen LogP) is 3.85. The van der Waals surface area contributed by atoms with Gasteiger partial charge in [-0.25, -0.2) is 4.39 Å².